The molecule has 0 saturated carbocycles. The molecule has 10 nitrogen and oxygen atoms in total. The van der Waals surface area contributed by atoms with Gasteiger partial charge in [0.1, 0.15) is 24.6 Å². The zero-order valence-electron chi connectivity index (χ0n) is 13.9. The van der Waals surface area contributed by atoms with Crippen molar-refractivity contribution in [3.05, 3.63) is 23.0 Å². The molecule has 4 atom stereocenters. The van der Waals surface area contributed by atoms with E-state index in [1.54, 1.807) is 18.4 Å². The molecule has 25 heavy (non-hydrogen) atoms. The van der Waals surface area contributed by atoms with Crippen molar-refractivity contribution in [3.63, 3.8) is 0 Å². The number of hydrogen-bond acceptors (Lipinski definition) is 8. The van der Waals surface area contributed by atoms with Gasteiger partial charge in [0.25, 0.3) is 5.56 Å². The van der Waals surface area contributed by atoms with Crippen LogP contribution in [0.4, 0.5) is 0 Å². The van der Waals surface area contributed by atoms with E-state index in [1.165, 1.54) is 17.2 Å². The second kappa shape index (κ2) is 5.85. The molecule has 136 valence electrons. The SMILES string of the molecule is CC1(C)O[C@@H]2[C@H](O1)[C@@H](CO)O[C@H]2n1cnc2c(=O)n(CCO)cnc21. The van der Waals surface area contributed by atoms with Crippen molar-refractivity contribution in [1.29, 1.82) is 0 Å². The van der Waals surface area contributed by atoms with Crippen LogP contribution < -0.4 is 5.56 Å². The zero-order chi connectivity index (χ0) is 17.8. The first-order chi connectivity index (χ1) is 11.9. The third-order valence-electron chi connectivity index (χ3n) is 4.47. The Morgan fingerprint density at radius 3 is 2.68 bits per heavy atom. The van der Waals surface area contributed by atoms with Gasteiger partial charge in [-0.05, 0) is 13.8 Å². The molecule has 0 bridgehead atoms. The molecule has 4 rings (SSSR count). The molecule has 2 aliphatic rings. The summed E-state index contributed by atoms with van der Waals surface area (Å²) in [4.78, 5) is 20.8. The third-order valence-corrected chi connectivity index (χ3v) is 4.47. The molecule has 0 amide bonds. The lowest BCUT2D eigenvalue weighted by atomic mass is 10.1. The number of ether oxygens (including phenoxy) is 3. The van der Waals surface area contributed by atoms with E-state index in [0.29, 0.717) is 5.65 Å². The summed E-state index contributed by atoms with van der Waals surface area (Å²) < 4.78 is 20.6. The van der Waals surface area contributed by atoms with Crippen molar-refractivity contribution < 1.29 is 24.4 Å². The molecule has 0 unspecified atom stereocenters. The van der Waals surface area contributed by atoms with Gasteiger partial charge in [-0.25, -0.2) is 9.97 Å². The molecular formula is C15H20N4O6. The summed E-state index contributed by atoms with van der Waals surface area (Å²) in [5.74, 6) is -0.789. The molecule has 4 heterocycles. The molecule has 2 saturated heterocycles. The molecule has 2 N–H and O–H groups in total. The lowest BCUT2D eigenvalue weighted by Gasteiger charge is -2.24. The minimum atomic E-state index is -0.789. The van der Waals surface area contributed by atoms with E-state index in [1.807, 2.05) is 0 Å². The van der Waals surface area contributed by atoms with Gasteiger partial charge in [-0.3, -0.25) is 13.9 Å². The summed E-state index contributed by atoms with van der Waals surface area (Å²) in [5, 5.41) is 18.6. The maximum Gasteiger partial charge on any atom is 0.281 e. The van der Waals surface area contributed by atoms with Crippen LogP contribution in [0.3, 0.4) is 0 Å². The van der Waals surface area contributed by atoms with Crippen molar-refractivity contribution in [2.24, 2.45) is 0 Å². The van der Waals surface area contributed by atoms with Crippen molar-refractivity contribution in [2.75, 3.05) is 13.2 Å². The van der Waals surface area contributed by atoms with Crippen LogP contribution in [-0.2, 0) is 20.8 Å². The Morgan fingerprint density at radius 1 is 1.20 bits per heavy atom. The van der Waals surface area contributed by atoms with Crippen LogP contribution in [0.15, 0.2) is 17.4 Å². The summed E-state index contributed by atoms with van der Waals surface area (Å²) in [7, 11) is 0. The molecular weight excluding hydrogens is 332 g/mol. The van der Waals surface area contributed by atoms with Crippen LogP contribution in [0.2, 0.25) is 0 Å². The van der Waals surface area contributed by atoms with Crippen LogP contribution in [0.5, 0.6) is 0 Å². The lowest BCUT2D eigenvalue weighted by molar-refractivity contribution is -0.199. The van der Waals surface area contributed by atoms with Crippen molar-refractivity contribution in [1.82, 2.24) is 19.1 Å². The highest BCUT2D eigenvalue weighted by Gasteiger charge is 2.55. The Labute approximate surface area is 142 Å². The Morgan fingerprint density at radius 2 is 1.96 bits per heavy atom. The van der Waals surface area contributed by atoms with Crippen LogP contribution in [0.25, 0.3) is 11.2 Å². The molecule has 10 heteroatoms. The second-order valence-corrected chi connectivity index (χ2v) is 6.60. The first-order valence-corrected chi connectivity index (χ1v) is 8.10. The van der Waals surface area contributed by atoms with Crippen LogP contribution in [0.1, 0.15) is 20.1 Å². The molecule has 0 aromatic carbocycles. The van der Waals surface area contributed by atoms with Crippen molar-refractivity contribution in [2.45, 2.75) is 50.7 Å². The second-order valence-electron chi connectivity index (χ2n) is 6.60. The van der Waals surface area contributed by atoms with Crippen LogP contribution >= 0.6 is 0 Å². The van der Waals surface area contributed by atoms with Crippen LogP contribution in [-0.4, -0.2) is 66.6 Å². The smallest absolute Gasteiger partial charge is 0.281 e. The van der Waals surface area contributed by atoms with E-state index in [0.717, 1.165) is 0 Å². The standard InChI is InChI=1S/C15H20N4O6/c1-15(2)24-10-8(5-21)23-14(11(10)25-15)19-7-16-9-12(19)17-6-18(3-4-20)13(9)22/h6-8,10-11,14,20-21H,3-5H2,1-2H3/t8-,10-,11-,14-/m1/s1. The van der Waals surface area contributed by atoms with Crippen molar-refractivity contribution in [3.8, 4) is 0 Å². The first-order valence-electron chi connectivity index (χ1n) is 8.10. The zero-order valence-corrected chi connectivity index (χ0v) is 13.9. The topological polar surface area (TPSA) is 121 Å². The predicted molar refractivity (Wildman–Crippen MR) is 83.7 cm³/mol. The Hall–Kier alpha value is -1.85. The van der Waals surface area contributed by atoms with E-state index >= 15 is 0 Å². The fraction of sp³-hybridized carbons (Fsp3) is 0.667. The number of hydrogen-bond donors (Lipinski definition) is 2. The van der Waals surface area contributed by atoms with E-state index < -0.39 is 30.3 Å². The van der Waals surface area contributed by atoms with E-state index in [4.69, 9.17) is 19.3 Å². The number of aromatic nitrogens is 4. The normalized spacial score (nSPS) is 30.9. The van der Waals surface area contributed by atoms with Gasteiger partial charge in [-0.1, -0.05) is 0 Å². The van der Waals surface area contributed by atoms with Gasteiger partial charge < -0.3 is 24.4 Å². The van der Waals surface area contributed by atoms with Gasteiger partial charge in [-0.15, -0.1) is 0 Å². The summed E-state index contributed by atoms with van der Waals surface area (Å²) in [6.07, 6.45) is 0.811. The number of rotatable bonds is 4. The van der Waals surface area contributed by atoms with Gasteiger partial charge in [0.2, 0.25) is 0 Å². The summed E-state index contributed by atoms with van der Waals surface area (Å²) in [6, 6.07) is 0. The number of imidazole rings is 1. The largest absolute Gasteiger partial charge is 0.395 e. The molecule has 2 aromatic heterocycles. The molecule has 2 aromatic rings. The highest BCUT2D eigenvalue weighted by Crippen LogP contribution is 2.43. The summed E-state index contributed by atoms with van der Waals surface area (Å²) in [5.41, 5.74) is 0.200. The Kier molecular flexibility index (Phi) is 3.89. The summed E-state index contributed by atoms with van der Waals surface area (Å²) >= 11 is 0. The molecule has 0 spiro atoms. The van der Waals surface area contributed by atoms with Gasteiger partial charge >= 0.3 is 0 Å². The number of nitrogens with zero attached hydrogens (tertiary/aromatic N) is 4. The maximum atomic E-state index is 12.4. The first kappa shape index (κ1) is 16.6. The highest BCUT2D eigenvalue weighted by molar-refractivity contribution is 5.69. The molecule has 0 radical (unpaired) electrons. The van der Waals surface area contributed by atoms with Gasteiger partial charge in [0.15, 0.2) is 23.2 Å². The predicted octanol–water partition coefficient (Wildman–Crippen LogP) is -1.00. The van der Waals surface area contributed by atoms with E-state index in [-0.39, 0.29) is 30.8 Å². The summed E-state index contributed by atoms with van der Waals surface area (Å²) in [6.45, 7) is 3.38. The van der Waals surface area contributed by atoms with Gasteiger partial charge in [0.05, 0.1) is 26.1 Å². The molecule has 0 aliphatic carbocycles. The minimum absolute atomic E-state index is 0.150. The maximum absolute atomic E-state index is 12.4. The lowest BCUT2D eigenvalue weighted by Crippen LogP contribution is -2.31. The Balaban J connectivity index is 1.75. The quantitative estimate of drug-likeness (QED) is 0.718. The monoisotopic (exact) mass is 352 g/mol. The highest BCUT2D eigenvalue weighted by atomic mass is 16.8. The fourth-order valence-corrected chi connectivity index (χ4v) is 3.43. The number of fused-ring (bicyclic) bond motifs is 2. The van der Waals surface area contributed by atoms with E-state index in [9.17, 15) is 9.90 Å². The van der Waals surface area contributed by atoms with Crippen LogP contribution in [0, 0.1) is 0 Å². The molecule has 2 aliphatic heterocycles. The van der Waals surface area contributed by atoms with Crippen molar-refractivity contribution >= 4 is 11.2 Å². The third kappa shape index (κ3) is 2.57. The minimum Gasteiger partial charge on any atom is -0.395 e. The average Bonchev–Trinajstić information content (AvgIpc) is 3.21. The van der Waals surface area contributed by atoms with E-state index in [2.05, 4.69) is 9.97 Å². The Bertz CT molecular complexity index is 846. The average molecular weight is 352 g/mol. The molecule has 2 fully saturated rings. The van der Waals surface area contributed by atoms with Gasteiger partial charge in [-0.2, -0.15) is 0 Å². The number of aliphatic hydroxyl groups is 2. The number of aliphatic hydroxyl groups excluding tert-OH is 2. The fourth-order valence-electron chi connectivity index (χ4n) is 3.43. The van der Waals surface area contributed by atoms with Gasteiger partial charge in [0, 0.05) is 0 Å².